The van der Waals surface area contributed by atoms with E-state index in [1.54, 1.807) is 19.2 Å². The van der Waals surface area contributed by atoms with E-state index in [0.29, 0.717) is 5.69 Å². The maximum absolute atomic E-state index is 12.3. The number of anilines is 1. The number of para-hydroxylation sites is 1. The van der Waals surface area contributed by atoms with Crippen LogP contribution in [0.2, 0.25) is 0 Å². The van der Waals surface area contributed by atoms with Crippen LogP contribution in [0.25, 0.3) is 0 Å². The molecule has 0 saturated carbocycles. The molecule has 0 unspecified atom stereocenters. The van der Waals surface area contributed by atoms with E-state index in [1.807, 2.05) is 18.2 Å². The van der Waals surface area contributed by atoms with Gasteiger partial charge in [-0.1, -0.05) is 18.2 Å². The molecule has 96 valence electrons. The van der Waals surface area contributed by atoms with Gasteiger partial charge in [-0.05, 0) is 18.2 Å². The van der Waals surface area contributed by atoms with Crippen LogP contribution in [0.5, 0.6) is 0 Å². The van der Waals surface area contributed by atoms with Crippen LogP contribution in [0.4, 0.5) is 5.69 Å². The zero-order valence-corrected chi connectivity index (χ0v) is 10.3. The number of rotatable bonds is 3. The molecule has 5 heteroatoms. The number of carbonyl (C=O) groups excluding carboxylic acids is 1. The van der Waals surface area contributed by atoms with E-state index < -0.39 is 5.97 Å². The molecule has 19 heavy (non-hydrogen) atoms. The molecule has 1 N–H and O–H groups in total. The number of pyridine rings is 1. The molecule has 0 radical (unpaired) electrons. The Hall–Kier alpha value is -2.69. The minimum atomic E-state index is -1.17. The molecule has 5 nitrogen and oxygen atoms in total. The van der Waals surface area contributed by atoms with Crippen molar-refractivity contribution in [2.45, 2.75) is 0 Å². The number of benzene rings is 1. The molecule has 0 aliphatic rings. The minimum Gasteiger partial charge on any atom is -0.478 e. The highest BCUT2D eigenvalue weighted by molar-refractivity contribution is 6.11. The molecule has 0 spiro atoms. The van der Waals surface area contributed by atoms with Crippen LogP contribution in [-0.4, -0.2) is 29.0 Å². The molecule has 1 amide bonds. The molecular weight excluding hydrogens is 244 g/mol. The van der Waals surface area contributed by atoms with E-state index in [0.717, 1.165) is 0 Å². The second-order valence-corrected chi connectivity index (χ2v) is 3.93. The van der Waals surface area contributed by atoms with Crippen LogP contribution in [0.3, 0.4) is 0 Å². The summed E-state index contributed by atoms with van der Waals surface area (Å²) in [5.74, 6) is -1.55. The van der Waals surface area contributed by atoms with Crippen LogP contribution in [0.1, 0.15) is 20.7 Å². The van der Waals surface area contributed by atoms with Crippen molar-refractivity contribution in [1.82, 2.24) is 4.98 Å². The van der Waals surface area contributed by atoms with Crippen LogP contribution < -0.4 is 4.90 Å². The smallest absolute Gasteiger partial charge is 0.338 e. The van der Waals surface area contributed by atoms with E-state index in [-0.39, 0.29) is 17.0 Å². The van der Waals surface area contributed by atoms with Gasteiger partial charge < -0.3 is 10.0 Å². The van der Waals surface area contributed by atoms with Crippen molar-refractivity contribution in [3.05, 3.63) is 59.9 Å². The highest BCUT2D eigenvalue weighted by Crippen LogP contribution is 2.16. The van der Waals surface area contributed by atoms with Crippen LogP contribution in [0.15, 0.2) is 48.8 Å². The average Bonchev–Trinajstić information content (AvgIpc) is 2.46. The monoisotopic (exact) mass is 256 g/mol. The van der Waals surface area contributed by atoms with E-state index in [4.69, 9.17) is 5.11 Å². The lowest BCUT2D eigenvalue weighted by Crippen LogP contribution is -2.28. The first-order valence-corrected chi connectivity index (χ1v) is 5.61. The van der Waals surface area contributed by atoms with Gasteiger partial charge >= 0.3 is 5.97 Å². The first-order valence-electron chi connectivity index (χ1n) is 5.61. The maximum atomic E-state index is 12.3. The molecule has 0 aliphatic heterocycles. The number of hydrogen-bond donors (Lipinski definition) is 1. The van der Waals surface area contributed by atoms with Gasteiger partial charge in [-0.3, -0.25) is 9.78 Å². The van der Waals surface area contributed by atoms with Crippen LogP contribution in [0, 0.1) is 0 Å². The van der Waals surface area contributed by atoms with Gasteiger partial charge in [-0.25, -0.2) is 4.79 Å². The van der Waals surface area contributed by atoms with Gasteiger partial charge in [-0.2, -0.15) is 0 Å². The molecule has 2 aromatic rings. The predicted octanol–water partition coefficient (Wildman–Crippen LogP) is 2.06. The molecule has 0 aliphatic carbocycles. The first kappa shape index (κ1) is 12.8. The van der Waals surface area contributed by atoms with Gasteiger partial charge in [-0.15, -0.1) is 0 Å². The SMILES string of the molecule is CN(C(=O)c1ccncc1C(=O)O)c1ccccc1. The number of aromatic carboxylic acids is 1. The molecule has 1 aromatic heterocycles. The number of nitrogens with zero attached hydrogens (tertiary/aromatic N) is 2. The molecule has 0 saturated heterocycles. The van der Waals surface area contributed by atoms with Gasteiger partial charge in [0.1, 0.15) is 0 Å². The fourth-order valence-electron chi connectivity index (χ4n) is 1.70. The summed E-state index contributed by atoms with van der Waals surface area (Å²) >= 11 is 0. The molecule has 1 heterocycles. The van der Waals surface area contributed by atoms with Crippen molar-refractivity contribution in [1.29, 1.82) is 0 Å². The Bertz CT molecular complexity index is 611. The van der Waals surface area contributed by atoms with Crippen LogP contribution in [-0.2, 0) is 0 Å². The summed E-state index contributed by atoms with van der Waals surface area (Å²) in [5.41, 5.74) is 0.713. The summed E-state index contributed by atoms with van der Waals surface area (Å²) in [6.45, 7) is 0. The van der Waals surface area contributed by atoms with Crippen molar-refractivity contribution >= 4 is 17.6 Å². The Labute approximate surface area is 110 Å². The maximum Gasteiger partial charge on any atom is 0.338 e. The quantitative estimate of drug-likeness (QED) is 0.912. The van der Waals surface area contributed by atoms with E-state index in [2.05, 4.69) is 4.98 Å². The number of carboxylic acids is 1. The fourth-order valence-corrected chi connectivity index (χ4v) is 1.70. The van der Waals surface area contributed by atoms with Crippen molar-refractivity contribution in [2.24, 2.45) is 0 Å². The summed E-state index contributed by atoms with van der Waals surface area (Å²) < 4.78 is 0. The van der Waals surface area contributed by atoms with Crippen molar-refractivity contribution < 1.29 is 14.7 Å². The summed E-state index contributed by atoms with van der Waals surface area (Å²) in [5, 5.41) is 9.06. The molecule has 1 aromatic carbocycles. The van der Waals surface area contributed by atoms with Crippen molar-refractivity contribution in [2.75, 3.05) is 11.9 Å². The van der Waals surface area contributed by atoms with Gasteiger partial charge in [0.15, 0.2) is 0 Å². The topological polar surface area (TPSA) is 70.5 Å². The van der Waals surface area contributed by atoms with Crippen molar-refractivity contribution in [3.8, 4) is 0 Å². The zero-order valence-electron chi connectivity index (χ0n) is 10.3. The Morgan fingerprint density at radius 2 is 1.79 bits per heavy atom. The molecular formula is C14H12N2O3. The van der Waals surface area contributed by atoms with Gasteiger partial charge in [0, 0.05) is 25.1 Å². The average molecular weight is 256 g/mol. The normalized spacial score (nSPS) is 9.95. The van der Waals surface area contributed by atoms with Gasteiger partial charge in [0.25, 0.3) is 5.91 Å². The number of aromatic nitrogens is 1. The van der Waals surface area contributed by atoms with Gasteiger partial charge in [0.05, 0.1) is 11.1 Å². The van der Waals surface area contributed by atoms with E-state index >= 15 is 0 Å². The predicted molar refractivity (Wildman–Crippen MR) is 70.4 cm³/mol. The van der Waals surface area contributed by atoms with Crippen LogP contribution >= 0.6 is 0 Å². The molecule has 0 fully saturated rings. The Morgan fingerprint density at radius 1 is 1.11 bits per heavy atom. The molecule has 0 bridgehead atoms. The lowest BCUT2D eigenvalue weighted by Gasteiger charge is -2.18. The number of carbonyl (C=O) groups is 2. The molecule has 2 rings (SSSR count). The minimum absolute atomic E-state index is 0.102. The lowest BCUT2D eigenvalue weighted by molar-refractivity contribution is 0.0691. The van der Waals surface area contributed by atoms with Crippen molar-refractivity contribution in [3.63, 3.8) is 0 Å². The molecule has 0 atom stereocenters. The summed E-state index contributed by atoms with van der Waals surface area (Å²) in [6.07, 6.45) is 2.58. The Morgan fingerprint density at radius 3 is 2.42 bits per heavy atom. The first-order chi connectivity index (χ1) is 9.11. The lowest BCUT2D eigenvalue weighted by atomic mass is 10.1. The third-order valence-electron chi connectivity index (χ3n) is 2.73. The Kier molecular flexibility index (Phi) is 3.56. The standard InChI is InChI=1S/C14H12N2O3/c1-16(10-5-3-2-4-6-10)13(17)11-7-8-15-9-12(11)14(18)19/h2-9H,1H3,(H,18,19). The fraction of sp³-hybridized carbons (Fsp3) is 0.0714. The highest BCUT2D eigenvalue weighted by atomic mass is 16.4. The Balaban J connectivity index is 2.38. The zero-order chi connectivity index (χ0) is 13.8. The summed E-state index contributed by atoms with van der Waals surface area (Å²) in [7, 11) is 1.60. The van der Waals surface area contributed by atoms with E-state index in [1.165, 1.54) is 23.4 Å². The summed E-state index contributed by atoms with van der Waals surface area (Å²) in [6, 6.07) is 10.4. The number of carboxylic acid groups (broad SMARTS) is 1. The summed E-state index contributed by atoms with van der Waals surface area (Å²) in [4.78, 5) is 28.5. The largest absolute Gasteiger partial charge is 0.478 e. The second kappa shape index (κ2) is 5.30. The van der Waals surface area contributed by atoms with E-state index in [9.17, 15) is 9.59 Å². The number of amides is 1. The third kappa shape index (κ3) is 2.60. The highest BCUT2D eigenvalue weighted by Gasteiger charge is 2.20. The third-order valence-corrected chi connectivity index (χ3v) is 2.73. The number of hydrogen-bond acceptors (Lipinski definition) is 3. The second-order valence-electron chi connectivity index (χ2n) is 3.93. The van der Waals surface area contributed by atoms with Gasteiger partial charge in [0.2, 0.25) is 0 Å².